The van der Waals surface area contributed by atoms with Gasteiger partial charge in [0, 0.05) is 13.1 Å². The predicted molar refractivity (Wildman–Crippen MR) is 112 cm³/mol. The molecule has 1 aromatic heterocycles. The van der Waals surface area contributed by atoms with Gasteiger partial charge in [-0.3, -0.25) is 9.59 Å². The molecule has 2 fully saturated rings. The number of sulfone groups is 1. The van der Waals surface area contributed by atoms with E-state index in [-0.39, 0.29) is 44.4 Å². The van der Waals surface area contributed by atoms with Crippen LogP contribution in [0.4, 0.5) is 18.0 Å². The molecule has 0 bridgehead atoms. The summed E-state index contributed by atoms with van der Waals surface area (Å²) < 4.78 is 72.9. The Morgan fingerprint density at radius 1 is 1.14 bits per heavy atom. The minimum absolute atomic E-state index is 0.00368. The molecule has 0 radical (unpaired) electrons. The lowest BCUT2D eigenvalue weighted by Gasteiger charge is -2.29. The molecule has 2 N–H and O–H groups in total. The van der Waals surface area contributed by atoms with E-state index in [0.717, 1.165) is 12.8 Å². The number of carbonyl (C=O) groups is 3. The lowest BCUT2D eigenvalue weighted by Crippen LogP contribution is -2.57. The Morgan fingerprint density at radius 3 is 2.34 bits per heavy atom. The van der Waals surface area contributed by atoms with Gasteiger partial charge in [0.1, 0.15) is 6.04 Å². The van der Waals surface area contributed by atoms with Gasteiger partial charge in [0.25, 0.3) is 11.7 Å². The summed E-state index contributed by atoms with van der Waals surface area (Å²) in [5.74, 6) is -5.51. The van der Waals surface area contributed by atoms with Crippen molar-refractivity contribution in [2.45, 2.75) is 44.4 Å². The first-order valence-electron chi connectivity index (χ1n) is 11.0. The maximum Gasteiger partial charge on any atom is 0.455 e. The zero-order valence-electron chi connectivity index (χ0n) is 18.8. The first-order chi connectivity index (χ1) is 16.4. The SMILES string of the molecule is CC[C@@H](NC(=O)[C@H](CS(=O)(=O)CC1CC1)NC(=O)N1CCOCC1)C(=O)c1nc(C(F)(F)F)no1. The van der Waals surface area contributed by atoms with E-state index in [1.807, 2.05) is 0 Å². The Bertz CT molecular complexity index is 1040. The Kier molecular flexibility index (Phi) is 8.35. The molecule has 1 saturated carbocycles. The predicted octanol–water partition coefficient (Wildman–Crippen LogP) is 0.401. The van der Waals surface area contributed by atoms with Gasteiger partial charge >= 0.3 is 12.2 Å². The zero-order valence-corrected chi connectivity index (χ0v) is 19.7. The molecule has 12 nitrogen and oxygen atoms in total. The quantitative estimate of drug-likeness (QED) is 0.412. The van der Waals surface area contributed by atoms with Crippen LogP contribution < -0.4 is 10.6 Å². The number of urea groups is 1. The molecule has 196 valence electrons. The number of hydrogen-bond donors (Lipinski definition) is 2. The third-order valence-electron chi connectivity index (χ3n) is 5.45. The number of alkyl halides is 3. The minimum atomic E-state index is -4.93. The van der Waals surface area contributed by atoms with Gasteiger partial charge in [-0.2, -0.15) is 18.2 Å². The summed E-state index contributed by atoms with van der Waals surface area (Å²) in [4.78, 5) is 42.6. The molecule has 1 aliphatic carbocycles. The van der Waals surface area contributed by atoms with E-state index in [2.05, 4.69) is 25.3 Å². The van der Waals surface area contributed by atoms with E-state index in [0.29, 0.717) is 0 Å². The van der Waals surface area contributed by atoms with Gasteiger partial charge in [0.2, 0.25) is 11.7 Å². The van der Waals surface area contributed by atoms with E-state index in [1.165, 1.54) is 11.8 Å². The average molecular weight is 526 g/mol. The summed E-state index contributed by atoms with van der Waals surface area (Å²) in [6.45, 7) is 2.50. The second-order valence-electron chi connectivity index (χ2n) is 8.38. The van der Waals surface area contributed by atoms with Crippen LogP contribution in [0.15, 0.2) is 4.52 Å². The third-order valence-corrected chi connectivity index (χ3v) is 7.27. The molecular weight excluding hydrogens is 499 g/mol. The van der Waals surface area contributed by atoms with Crippen LogP contribution in [-0.4, -0.2) is 91.1 Å². The molecule has 0 spiro atoms. The molecule has 3 rings (SSSR count). The van der Waals surface area contributed by atoms with Crippen molar-refractivity contribution < 1.29 is 45.2 Å². The van der Waals surface area contributed by atoms with Crippen molar-refractivity contribution in [2.75, 3.05) is 37.8 Å². The number of ketones is 1. The van der Waals surface area contributed by atoms with Gasteiger partial charge < -0.3 is 24.8 Å². The van der Waals surface area contributed by atoms with Crippen LogP contribution in [0, 0.1) is 5.92 Å². The number of hydrogen-bond acceptors (Lipinski definition) is 9. The number of aromatic nitrogens is 2. The normalized spacial score (nSPS) is 18.6. The number of Topliss-reactive ketones (excluding diaryl/α,β-unsaturated/α-hetero) is 1. The van der Waals surface area contributed by atoms with Gasteiger partial charge in [0.05, 0.1) is 30.8 Å². The molecule has 1 saturated heterocycles. The number of morpholine rings is 1. The summed E-state index contributed by atoms with van der Waals surface area (Å²) in [6, 6.07) is -3.61. The highest BCUT2D eigenvalue weighted by atomic mass is 32.2. The molecule has 2 aliphatic rings. The van der Waals surface area contributed by atoms with E-state index in [1.54, 1.807) is 0 Å². The van der Waals surface area contributed by atoms with Crippen LogP contribution in [0.2, 0.25) is 0 Å². The average Bonchev–Trinajstić information content (AvgIpc) is 3.44. The second kappa shape index (κ2) is 10.9. The van der Waals surface area contributed by atoms with E-state index in [9.17, 15) is 36.0 Å². The number of ether oxygens (including phenoxy) is 1. The number of nitrogens with zero attached hydrogens (tertiary/aromatic N) is 3. The second-order valence-corrected chi connectivity index (χ2v) is 10.5. The number of amides is 3. The molecule has 2 atom stereocenters. The maximum absolute atomic E-state index is 13.0. The number of nitrogens with one attached hydrogen (secondary N) is 2. The Hall–Kier alpha value is -2.75. The van der Waals surface area contributed by atoms with Crippen LogP contribution >= 0.6 is 0 Å². The van der Waals surface area contributed by atoms with Gasteiger partial charge in [-0.15, -0.1) is 0 Å². The van der Waals surface area contributed by atoms with Crippen LogP contribution in [0.1, 0.15) is 42.7 Å². The van der Waals surface area contributed by atoms with E-state index >= 15 is 0 Å². The Morgan fingerprint density at radius 2 is 1.80 bits per heavy atom. The van der Waals surface area contributed by atoms with Crippen molar-refractivity contribution in [1.29, 1.82) is 0 Å². The van der Waals surface area contributed by atoms with Gasteiger partial charge in [-0.1, -0.05) is 12.1 Å². The first kappa shape index (κ1) is 26.8. The molecule has 3 amide bonds. The minimum Gasteiger partial charge on any atom is -0.378 e. The lowest BCUT2D eigenvalue weighted by molar-refractivity contribution is -0.146. The first-order valence-corrected chi connectivity index (χ1v) is 12.8. The zero-order chi connectivity index (χ0) is 25.8. The van der Waals surface area contributed by atoms with Gasteiger partial charge in [0.15, 0.2) is 9.84 Å². The fraction of sp³-hybridized carbons (Fsp3) is 0.737. The van der Waals surface area contributed by atoms with E-state index < -0.39 is 63.3 Å². The summed E-state index contributed by atoms with van der Waals surface area (Å²) in [5, 5.41) is 7.41. The number of rotatable bonds is 10. The van der Waals surface area contributed by atoms with Crippen molar-refractivity contribution in [2.24, 2.45) is 5.92 Å². The molecule has 1 aliphatic heterocycles. The van der Waals surface area contributed by atoms with Gasteiger partial charge in [-0.25, -0.2) is 13.2 Å². The highest BCUT2D eigenvalue weighted by Crippen LogP contribution is 2.30. The van der Waals surface area contributed by atoms with Crippen LogP contribution in [0.25, 0.3) is 0 Å². The van der Waals surface area contributed by atoms with Crippen molar-refractivity contribution in [3.05, 3.63) is 11.7 Å². The fourth-order valence-corrected chi connectivity index (χ4v) is 5.30. The summed E-state index contributed by atoms with van der Waals surface area (Å²) in [7, 11) is -3.74. The number of halogens is 3. The standard InChI is InChI=1S/C19H26F3N5O7S/c1-2-12(14(28)16-25-17(26-34-16)19(20,21)22)23-15(29)13(10-35(31,32)9-11-3-4-11)24-18(30)27-5-7-33-8-6-27/h11-13H,2-10H2,1H3,(H,23,29)(H,24,30)/t12-,13+/m1/s1. The largest absolute Gasteiger partial charge is 0.455 e. The fourth-order valence-electron chi connectivity index (χ4n) is 3.37. The van der Waals surface area contributed by atoms with Crippen molar-refractivity contribution in [1.82, 2.24) is 25.7 Å². The Balaban J connectivity index is 1.73. The third kappa shape index (κ3) is 7.62. The summed E-state index contributed by atoms with van der Waals surface area (Å²) in [6.07, 6.45) is -3.50. The molecule has 0 unspecified atom stereocenters. The highest BCUT2D eigenvalue weighted by Gasteiger charge is 2.40. The molecule has 0 aromatic carbocycles. The van der Waals surface area contributed by atoms with Crippen LogP contribution in [-0.2, 0) is 25.5 Å². The number of carbonyl (C=O) groups excluding carboxylic acids is 3. The highest BCUT2D eigenvalue weighted by molar-refractivity contribution is 7.91. The Labute approximate surface area is 198 Å². The van der Waals surface area contributed by atoms with Crippen LogP contribution in [0.5, 0.6) is 0 Å². The molecule has 1 aromatic rings. The summed E-state index contributed by atoms with van der Waals surface area (Å²) >= 11 is 0. The monoisotopic (exact) mass is 525 g/mol. The molecule has 16 heteroatoms. The van der Waals surface area contributed by atoms with Crippen molar-refractivity contribution in [3.8, 4) is 0 Å². The van der Waals surface area contributed by atoms with Crippen molar-refractivity contribution >= 4 is 27.6 Å². The summed E-state index contributed by atoms with van der Waals surface area (Å²) in [5.41, 5.74) is 0. The van der Waals surface area contributed by atoms with Gasteiger partial charge in [-0.05, 0) is 25.2 Å². The maximum atomic E-state index is 13.0. The smallest absolute Gasteiger partial charge is 0.378 e. The molecule has 35 heavy (non-hydrogen) atoms. The molecule has 2 heterocycles. The molecular formula is C19H26F3N5O7S. The van der Waals surface area contributed by atoms with E-state index in [4.69, 9.17) is 4.74 Å². The lowest BCUT2D eigenvalue weighted by atomic mass is 10.1. The van der Waals surface area contributed by atoms with Crippen LogP contribution in [0.3, 0.4) is 0 Å². The van der Waals surface area contributed by atoms with Crippen molar-refractivity contribution in [3.63, 3.8) is 0 Å². The topological polar surface area (TPSA) is 161 Å².